The Morgan fingerprint density at radius 2 is 1.80 bits per heavy atom. The summed E-state index contributed by atoms with van der Waals surface area (Å²) in [5, 5.41) is 0. The minimum Gasteiger partial charge on any atom is -0.497 e. The fourth-order valence-electron chi connectivity index (χ4n) is 2.80. The third kappa shape index (κ3) is 3.58. The summed E-state index contributed by atoms with van der Waals surface area (Å²) < 4.78 is 12.5. The van der Waals surface area contributed by atoms with Crippen molar-refractivity contribution < 1.29 is 9.47 Å². The molecule has 0 spiro atoms. The summed E-state index contributed by atoms with van der Waals surface area (Å²) in [6, 6.07) is 17.0. The first-order chi connectivity index (χ1) is 12.1. The molecule has 25 heavy (non-hydrogen) atoms. The molecule has 0 unspecified atom stereocenters. The molecule has 4 heteroatoms. The van der Waals surface area contributed by atoms with E-state index in [1.165, 1.54) is 0 Å². The second-order valence-electron chi connectivity index (χ2n) is 5.74. The number of methoxy groups -OCH3 is 1. The highest BCUT2D eigenvalue weighted by molar-refractivity contribution is 5.65. The normalized spacial score (nSPS) is 10.5. The second kappa shape index (κ2) is 7.26. The Balaban J connectivity index is 2.07. The highest BCUT2D eigenvalue weighted by Gasteiger charge is 2.08. The molecule has 3 aromatic rings. The quantitative estimate of drug-likeness (QED) is 0.701. The van der Waals surface area contributed by atoms with Crippen LogP contribution in [0.1, 0.15) is 12.5 Å². The van der Waals surface area contributed by atoms with Crippen molar-refractivity contribution in [2.75, 3.05) is 13.7 Å². The number of aromatic nitrogens is 1. The Hall–Kier alpha value is -3.01. The van der Waals surface area contributed by atoms with Crippen LogP contribution in [-0.4, -0.2) is 18.3 Å². The lowest BCUT2D eigenvalue weighted by atomic mass is 10.1. The van der Waals surface area contributed by atoms with Crippen LogP contribution >= 0.6 is 0 Å². The summed E-state index contributed by atoms with van der Waals surface area (Å²) in [6.45, 7) is 4.54. The number of ether oxygens (including phenoxy) is 2. The number of rotatable bonds is 5. The van der Waals surface area contributed by atoms with E-state index in [-0.39, 0.29) is 5.56 Å². The fraction of sp³-hybridized carbons (Fsp3) is 0.190. The molecule has 0 fully saturated rings. The maximum absolute atomic E-state index is 12.4. The molecule has 0 bridgehead atoms. The van der Waals surface area contributed by atoms with Crippen LogP contribution < -0.4 is 15.0 Å². The first kappa shape index (κ1) is 16.8. The molecule has 0 aliphatic carbocycles. The number of pyridine rings is 1. The number of hydrogen-bond acceptors (Lipinski definition) is 3. The molecule has 3 rings (SSSR count). The third-order valence-corrected chi connectivity index (χ3v) is 4.05. The molecule has 0 amide bonds. The van der Waals surface area contributed by atoms with Gasteiger partial charge in [-0.05, 0) is 66.9 Å². The molecule has 0 aliphatic rings. The number of hydrogen-bond donors (Lipinski definition) is 0. The first-order valence-corrected chi connectivity index (χ1v) is 8.23. The van der Waals surface area contributed by atoms with Crippen LogP contribution in [-0.2, 0) is 0 Å². The van der Waals surface area contributed by atoms with Gasteiger partial charge in [-0.25, -0.2) is 0 Å². The molecule has 1 heterocycles. The van der Waals surface area contributed by atoms with Gasteiger partial charge in [-0.1, -0.05) is 12.1 Å². The lowest BCUT2D eigenvalue weighted by Crippen LogP contribution is -2.17. The molecule has 0 atom stereocenters. The maximum atomic E-state index is 12.4. The third-order valence-electron chi connectivity index (χ3n) is 4.05. The van der Waals surface area contributed by atoms with Crippen LogP contribution in [0.2, 0.25) is 0 Å². The Kier molecular flexibility index (Phi) is 4.89. The molecule has 0 N–H and O–H groups in total. The summed E-state index contributed by atoms with van der Waals surface area (Å²) in [6.07, 6.45) is 1.86. The summed E-state index contributed by atoms with van der Waals surface area (Å²) in [5.41, 5.74) is 3.71. The van der Waals surface area contributed by atoms with Crippen molar-refractivity contribution in [1.82, 2.24) is 4.57 Å². The van der Waals surface area contributed by atoms with Gasteiger partial charge in [-0.15, -0.1) is 0 Å². The summed E-state index contributed by atoms with van der Waals surface area (Å²) in [4.78, 5) is 12.4. The monoisotopic (exact) mass is 335 g/mol. The van der Waals surface area contributed by atoms with Crippen LogP contribution in [0.4, 0.5) is 0 Å². The van der Waals surface area contributed by atoms with Crippen LogP contribution in [0.15, 0.2) is 65.6 Å². The Bertz CT molecular complexity index is 944. The van der Waals surface area contributed by atoms with Crippen molar-refractivity contribution in [3.05, 3.63) is 76.7 Å². The van der Waals surface area contributed by atoms with E-state index in [1.54, 1.807) is 17.7 Å². The van der Waals surface area contributed by atoms with Gasteiger partial charge in [0.05, 0.1) is 19.4 Å². The van der Waals surface area contributed by atoms with Crippen molar-refractivity contribution in [2.45, 2.75) is 13.8 Å². The first-order valence-electron chi connectivity index (χ1n) is 8.23. The van der Waals surface area contributed by atoms with Crippen molar-refractivity contribution in [2.24, 2.45) is 0 Å². The number of nitrogens with zero attached hydrogens (tertiary/aromatic N) is 1. The molecule has 0 radical (unpaired) electrons. The highest BCUT2D eigenvalue weighted by Crippen LogP contribution is 2.25. The van der Waals surface area contributed by atoms with E-state index < -0.39 is 0 Å². The zero-order valence-electron chi connectivity index (χ0n) is 14.7. The number of benzene rings is 2. The molecule has 0 aliphatic heterocycles. The Morgan fingerprint density at radius 3 is 2.52 bits per heavy atom. The van der Waals surface area contributed by atoms with Crippen LogP contribution in [0.3, 0.4) is 0 Å². The van der Waals surface area contributed by atoms with Gasteiger partial charge in [0, 0.05) is 12.3 Å². The molecule has 2 aromatic carbocycles. The van der Waals surface area contributed by atoms with Gasteiger partial charge < -0.3 is 9.47 Å². The van der Waals surface area contributed by atoms with Gasteiger partial charge in [-0.3, -0.25) is 9.36 Å². The van der Waals surface area contributed by atoms with Crippen LogP contribution in [0.5, 0.6) is 11.5 Å². The van der Waals surface area contributed by atoms with Gasteiger partial charge >= 0.3 is 0 Å². The fourth-order valence-corrected chi connectivity index (χ4v) is 2.80. The average Bonchev–Trinajstić information content (AvgIpc) is 2.63. The van der Waals surface area contributed by atoms with Crippen molar-refractivity contribution in [1.29, 1.82) is 0 Å². The topological polar surface area (TPSA) is 40.5 Å². The lowest BCUT2D eigenvalue weighted by Gasteiger charge is -2.13. The van der Waals surface area contributed by atoms with Crippen molar-refractivity contribution >= 4 is 0 Å². The SMILES string of the molecule is CCOc1ccc(-n2cc(-c3cccc(OC)c3)ccc2=O)c(C)c1. The van der Waals surface area contributed by atoms with Crippen molar-refractivity contribution in [3.8, 4) is 28.3 Å². The van der Waals surface area contributed by atoms with Gasteiger partial charge in [-0.2, -0.15) is 0 Å². The second-order valence-corrected chi connectivity index (χ2v) is 5.74. The zero-order chi connectivity index (χ0) is 17.8. The summed E-state index contributed by atoms with van der Waals surface area (Å²) >= 11 is 0. The molecule has 4 nitrogen and oxygen atoms in total. The Morgan fingerprint density at radius 1 is 0.960 bits per heavy atom. The molecular weight excluding hydrogens is 314 g/mol. The van der Waals surface area contributed by atoms with Gasteiger partial charge in [0.15, 0.2) is 0 Å². The van der Waals surface area contributed by atoms with E-state index in [9.17, 15) is 4.79 Å². The van der Waals surface area contributed by atoms with E-state index in [1.807, 2.05) is 68.6 Å². The predicted molar refractivity (Wildman–Crippen MR) is 99.9 cm³/mol. The van der Waals surface area contributed by atoms with Crippen LogP contribution in [0.25, 0.3) is 16.8 Å². The molecule has 1 aromatic heterocycles. The van der Waals surface area contributed by atoms with E-state index in [2.05, 4.69) is 0 Å². The Labute approximate surface area is 147 Å². The lowest BCUT2D eigenvalue weighted by molar-refractivity contribution is 0.340. The van der Waals surface area contributed by atoms with E-state index in [0.29, 0.717) is 6.61 Å². The highest BCUT2D eigenvalue weighted by atomic mass is 16.5. The molecular formula is C21H21NO3. The van der Waals surface area contributed by atoms with Crippen molar-refractivity contribution in [3.63, 3.8) is 0 Å². The smallest absolute Gasteiger partial charge is 0.255 e. The molecule has 0 saturated carbocycles. The van der Waals surface area contributed by atoms with Gasteiger partial charge in [0.2, 0.25) is 0 Å². The standard InChI is InChI=1S/C21H21NO3/c1-4-25-19-9-10-20(15(2)12-19)22-14-17(8-11-21(22)23)16-6-5-7-18(13-16)24-3/h5-14H,4H2,1-3H3. The van der Waals surface area contributed by atoms with Crippen LogP contribution in [0, 0.1) is 6.92 Å². The largest absolute Gasteiger partial charge is 0.497 e. The minimum absolute atomic E-state index is 0.0705. The van der Waals surface area contributed by atoms with E-state index in [0.717, 1.165) is 33.9 Å². The molecule has 0 saturated heterocycles. The minimum atomic E-state index is -0.0705. The average molecular weight is 335 g/mol. The zero-order valence-corrected chi connectivity index (χ0v) is 14.7. The molecule has 128 valence electrons. The van der Waals surface area contributed by atoms with E-state index in [4.69, 9.17) is 9.47 Å². The summed E-state index contributed by atoms with van der Waals surface area (Å²) in [5.74, 6) is 1.59. The van der Waals surface area contributed by atoms with Gasteiger partial charge in [0.1, 0.15) is 11.5 Å². The number of aryl methyl sites for hydroxylation is 1. The summed E-state index contributed by atoms with van der Waals surface area (Å²) in [7, 11) is 1.64. The van der Waals surface area contributed by atoms with Gasteiger partial charge in [0.25, 0.3) is 5.56 Å². The maximum Gasteiger partial charge on any atom is 0.255 e. The predicted octanol–water partition coefficient (Wildman–Crippen LogP) is 4.22. The van der Waals surface area contributed by atoms with E-state index >= 15 is 0 Å².